The van der Waals surface area contributed by atoms with Crippen molar-refractivity contribution in [2.24, 2.45) is 5.92 Å². The average Bonchev–Trinajstić information content (AvgIpc) is 2.88. The third-order valence-corrected chi connectivity index (χ3v) is 4.22. The first-order valence-corrected chi connectivity index (χ1v) is 7.77. The Balaban J connectivity index is 2.32. The average molecular weight is 304 g/mol. The van der Waals surface area contributed by atoms with Crippen molar-refractivity contribution in [3.8, 4) is 5.75 Å². The Hall–Kier alpha value is -2.04. The second-order valence-corrected chi connectivity index (χ2v) is 5.58. The molecule has 5 nitrogen and oxygen atoms in total. The SMILES string of the molecule is CCCCN1C(=O)CC(C(=O)NC)C1c1ccc(OC)cc1. The lowest BCUT2D eigenvalue weighted by Crippen LogP contribution is -2.34. The van der Waals surface area contributed by atoms with E-state index >= 15 is 0 Å². The van der Waals surface area contributed by atoms with E-state index in [0.717, 1.165) is 24.2 Å². The Labute approximate surface area is 131 Å². The molecule has 0 aliphatic carbocycles. The third-order valence-electron chi connectivity index (χ3n) is 4.22. The molecule has 0 spiro atoms. The van der Waals surface area contributed by atoms with Crippen LogP contribution in [0.5, 0.6) is 5.75 Å². The molecular weight excluding hydrogens is 280 g/mol. The van der Waals surface area contributed by atoms with E-state index in [-0.39, 0.29) is 30.2 Å². The molecule has 1 saturated heterocycles. The number of carbonyl (C=O) groups is 2. The summed E-state index contributed by atoms with van der Waals surface area (Å²) in [6.45, 7) is 2.79. The van der Waals surface area contributed by atoms with Crippen molar-refractivity contribution < 1.29 is 14.3 Å². The molecule has 2 amide bonds. The van der Waals surface area contributed by atoms with Crippen LogP contribution in [0.4, 0.5) is 0 Å². The van der Waals surface area contributed by atoms with Gasteiger partial charge in [-0.3, -0.25) is 9.59 Å². The number of ether oxygens (including phenoxy) is 1. The van der Waals surface area contributed by atoms with Gasteiger partial charge in [0.25, 0.3) is 0 Å². The quantitative estimate of drug-likeness (QED) is 0.876. The number of benzene rings is 1. The van der Waals surface area contributed by atoms with Crippen molar-refractivity contribution in [2.75, 3.05) is 20.7 Å². The van der Waals surface area contributed by atoms with Crippen LogP contribution in [0.2, 0.25) is 0 Å². The number of nitrogens with one attached hydrogen (secondary N) is 1. The van der Waals surface area contributed by atoms with E-state index in [4.69, 9.17) is 4.74 Å². The number of likely N-dealkylation sites (tertiary alicyclic amines) is 1. The second kappa shape index (κ2) is 7.29. The largest absolute Gasteiger partial charge is 0.497 e. The summed E-state index contributed by atoms with van der Waals surface area (Å²) in [6.07, 6.45) is 2.24. The molecule has 2 atom stereocenters. The summed E-state index contributed by atoms with van der Waals surface area (Å²) in [7, 11) is 3.24. The maximum absolute atomic E-state index is 12.3. The molecule has 1 aliphatic heterocycles. The summed E-state index contributed by atoms with van der Waals surface area (Å²) in [5, 5.41) is 2.68. The molecule has 0 aromatic heterocycles. The molecular formula is C17H24N2O3. The van der Waals surface area contributed by atoms with Crippen LogP contribution in [-0.4, -0.2) is 37.4 Å². The van der Waals surface area contributed by atoms with Gasteiger partial charge in [0.2, 0.25) is 11.8 Å². The molecule has 1 aromatic carbocycles. The molecule has 22 heavy (non-hydrogen) atoms. The van der Waals surface area contributed by atoms with Crippen LogP contribution < -0.4 is 10.1 Å². The Morgan fingerprint density at radius 3 is 2.59 bits per heavy atom. The summed E-state index contributed by atoms with van der Waals surface area (Å²) in [4.78, 5) is 26.4. The van der Waals surface area contributed by atoms with Crippen molar-refractivity contribution in [3.63, 3.8) is 0 Å². The van der Waals surface area contributed by atoms with Crippen molar-refractivity contribution in [1.82, 2.24) is 10.2 Å². The lowest BCUT2D eigenvalue weighted by Gasteiger charge is -2.28. The first-order valence-electron chi connectivity index (χ1n) is 7.77. The predicted molar refractivity (Wildman–Crippen MR) is 84.5 cm³/mol. The van der Waals surface area contributed by atoms with Gasteiger partial charge < -0.3 is 15.0 Å². The van der Waals surface area contributed by atoms with Crippen molar-refractivity contribution in [2.45, 2.75) is 32.2 Å². The minimum Gasteiger partial charge on any atom is -0.497 e. The van der Waals surface area contributed by atoms with Crippen LogP contribution in [0.15, 0.2) is 24.3 Å². The van der Waals surface area contributed by atoms with Gasteiger partial charge in [-0.05, 0) is 24.1 Å². The highest BCUT2D eigenvalue weighted by Crippen LogP contribution is 2.38. The lowest BCUT2D eigenvalue weighted by molar-refractivity contribution is -0.129. The zero-order chi connectivity index (χ0) is 16.1. The van der Waals surface area contributed by atoms with E-state index in [1.165, 1.54) is 0 Å². The second-order valence-electron chi connectivity index (χ2n) is 5.58. The molecule has 1 N–H and O–H groups in total. The summed E-state index contributed by atoms with van der Waals surface area (Å²) in [5.74, 6) is 0.420. The molecule has 0 radical (unpaired) electrons. The van der Waals surface area contributed by atoms with Crippen molar-refractivity contribution >= 4 is 11.8 Å². The first kappa shape index (κ1) is 16.3. The molecule has 1 aliphatic rings. The number of nitrogens with zero attached hydrogens (tertiary/aromatic N) is 1. The summed E-state index contributed by atoms with van der Waals surface area (Å²) in [6, 6.07) is 7.44. The number of rotatable bonds is 6. The standard InChI is InChI=1S/C17H24N2O3/c1-4-5-10-19-15(20)11-14(17(21)18-2)16(19)12-6-8-13(22-3)9-7-12/h6-9,14,16H,4-5,10-11H2,1-3H3,(H,18,21). The zero-order valence-electron chi connectivity index (χ0n) is 13.5. The number of unbranched alkanes of at least 4 members (excludes halogenated alkanes) is 1. The number of hydrogen-bond acceptors (Lipinski definition) is 3. The number of methoxy groups -OCH3 is 1. The maximum atomic E-state index is 12.3. The normalized spacial score (nSPS) is 21.0. The Kier molecular flexibility index (Phi) is 5.41. The highest BCUT2D eigenvalue weighted by atomic mass is 16.5. The van der Waals surface area contributed by atoms with Gasteiger partial charge in [0.15, 0.2) is 0 Å². The van der Waals surface area contributed by atoms with Crippen LogP contribution in [0.25, 0.3) is 0 Å². The third kappa shape index (κ3) is 3.24. The van der Waals surface area contributed by atoms with Crippen LogP contribution in [0.1, 0.15) is 37.8 Å². The number of carbonyl (C=O) groups excluding carboxylic acids is 2. The van der Waals surface area contributed by atoms with Crippen molar-refractivity contribution in [3.05, 3.63) is 29.8 Å². The summed E-state index contributed by atoms with van der Waals surface area (Å²) >= 11 is 0. The molecule has 0 saturated carbocycles. The first-order chi connectivity index (χ1) is 10.6. The van der Waals surface area contributed by atoms with E-state index in [2.05, 4.69) is 12.2 Å². The molecule has 5 heteroatoms. The van der Waals surface area contributed by atoms with Crippen LogP contribution in [0, 0.1) is 5.92 Å². The van der Waals surface area contributed by atoms with Gasteiger partial charge in [-0.25, -0.2) is 0 Å². The number of amides is 2. The van der Waals surface area contributed by atoms with E-state index in [1.54, 1.807) is 14.2 Å². The van der Waals surface area contributed by atoms with Crippen LogP contribution >= 0.6 is 0 Å². The zero-order valence-corrected chi connectivity index (χ0v) is 13.5. The fourth-order valence-corrected chi connectivity index (χ4v) is 3.02. The van der Waals surface area contributed by atoms with Gasteiger partial charge in [0.1, 0.15) is 5.75 Å². The van der Waals surface area contributed by atoms with Crippen LogP contribution in [0.3, 0.4) is 0 Å². The topological polar surface area (TPSA) is 58.6 Å². The minimum absolute atomic E-state index is 0.0582. The Morgan fingerprint density at radius 1 is 1.36 bits per heavy atom. The molecule has 0 bridgehead atoms. The van der Waals surface area contributed by atoms with E-state index in [9.17, 15) is 9.59 Å². The monoisotopic (exact) mass is 304 g/mol. The molecule has 2 rings (SSSR count). The van der Waals surface area contributed by atoms with Gasteiger partial charge in [-0.2, -0.15) is 0 Å². The predicted octanol–water partition coefficient (Wildman–Crippen LogP) is 2.13. The Morgan fingerprint density at radius 2 is 2.05 bits per heavy atom. The van der Waals surface area contributed by atoms with Crippen molar-refractivity contribution in [1.29, 1.82) is 0 Å². The van der Waals surface area contributed by atoms with E-state index in [0.29, 0.717) is 6.54 Å². The molecule has 120 valence electrons. The fourth-order valence-electron chi connectivity index (χ4n) is 3.02. The molecule has 1 fully saturated rings. The highest BCUT2D eigenvalue weighted by Gasteiger charge is 2.43. The Bertz CT molecular complexity index is 527. The fraction of sp³-hybridized carbons (Fsp3) is 0.529. The van der Waals surface area contributed by atoms with Gasteiger partial charge in [0, 0.05) is 20.0 Å². The molecule has 1 aromatic rings. The number of hydrogen-bond donors (Lipinski definition) is 1. The minimum atomic E-state index is -0.331. The van der Waals surface area contributed by atoms with Gasteiger partial charge in [-0.15, -0.1) is 0 Å². The van der Waals surface area contributed by atoms with E-state index < -0.39 is 0 Å². The maximum Gasteiger partial charge on any atom is 0.225 e. The lowest BCUT2D eigenvalue weighted by atomic mass is 9.92. The molecule has 2 unspecified atom stereocenters. The van der Waals surface area contributed by atoms with Gasteiger partial charge in [-0.1, -0.05) is 25.5 Å². The van der Waals surface area contributed by atoms with Gasteiger partial charge >= 0.3 is 0 Å². The summed E-state index contributed by atoms with van der Waals surface area (Å²) < 4.78 is 5.18. The molecule has 1 heterocycles. The van der Waals surface area contributed by atoms with Gasteiger partial charge in [0.05, 0.1) is 19.1 Å². The summed E-state index contributed by atoms with van der Waals surface area (Å²) in [5.41, 5.74) is 0.983. The highest BCUT2D eigenvalue weighted by molar-refractivity contribution is 5.90. The smallest absolute Gasteiger partial charge is 0.225 e. The van der Waals surface area contributed by atoms with E-state index in [1.807, 2.05) is 29.2 Å². The van der Waals surface area contributed by atoms with Crippen LogP contribution in [-0.2, 0) is 9.59 Å².